The highest BCUT2D eigenvalue weighted by atomic mass is 16.5. The first kappa shape index (κ1) is 11.4. The van der Waals surface area contributed by atoms with Gasteiger partial charge >= 0.3 is 5.97 Å². The van der Waals surface area contributed by atoms with E-state index in [1.165, 1.54) is 0 Å². The summed E-state index contributed by atoms with van der Waals surface area (Å²) in [6.07, 6.45) is 1.83. The number of carbonyl (C=O) groups is 2. The Morgan fingerprint density at radius 3 is 2.94 bits per heavy atom. The van der Waals surface area contributed by atoms with Gasteiger partial charge in [-0.05, 0) is 26.2 Å². The number of fused-ring (bicyclic) bond motifs is 1. The monoisotopic (exact) mass is 227 g/mol. The zero-order valence-corrected chi connectivity index (χ0v) is 9.39. The molecule has 0 spiro atoms. The van der Waals surface area contributed by atoms with Crippen LogP contribution in [0.1, 0.15) is 26.2 Å². The zero-order chi connectivity index (χ0) is 11.7. The van der Waals surface area contributed by atoms with Crippen molar-refractivity contribution >= 4 is 11.9 Å². The maximum absolute atomic E-state index is 11.9. The minimum absolute atomic E-state index is 0.185. The zero-order valence-electron chi connectivity index (χ0n) is 9.39. The maximum Gasteiger partial charge on any atom is 0.321 e. The highest BCUT2D eigenvalue weighted by Crippen LogP contribution is 2.32. The number of piperidine rings is 1. The molecule has 2 aliphatic rings. The molecule has 2 heterocycles. The lowest BCUT2D eigenvalue weighted by molar-refractivity contribution is -0.154. The molecular weight excluding hydrogens is 210 g/mol. The first-order valence-corrected chi connectivity index (χ1v) is 5.82. The second-order valence-electron chi connectivity index (χ2n) is 4.32. The minimum atomic E-state index is -0.997. The Hall–Kier alpha value is -1.10. The van der Waals surface area contributed by atoms with Gasteiger partial charge in [-0.1, -0.05) is 0 Å². The molecular formula is C11H17NO4. The van der Waals surface area contributed by atoms with Gasteiger partial charge in [0.05, 0.1) is 18.8 Å². The predicted octanol–water partition coefficient (Wildman–Crippen LogP) is -0.0787. The fraction of sp³-hybridized carbons (Fsp3) is 0.818. The fourth-order valence-electron chi connectivity index (χ4n) is 2.61. The van der Waals surface area contributed by atoms with Gasteiger partial charge < -0.3 is 14.7 Å². The summed E-state index contributed by atoms with van der Waals surface area (Å²) in [5.74, 6) is -1.85. The van der Waals surface area contributed by atoms with Crippen molar-refractivity contribution in [2.45, 2.75) is 38.3 Å². The summed E-state index contributed by atoms with van der Waals surface area (Å²) in [5.41, 5.74) is 0. The molecule has 1 N–H and O–H groups in total. The third-order valence-corrected chi connectivity index (χ3v) is 3.37. The van der Waals surface area contributed by atoms with Gasteiger partial charge in [-0.25, -0.2) is 0 Å². The first-order chi connectivity index (χ1) is 7.66. The van der Waals surface area contributed by atoms with Crippen LogP contribution in [-0.2, 0) is 14.3 Å². The van der Waals surface area contributed by atoms with E-state index >= 15 is 0 Å². The second-order valence-corrected chi connectivity index (χ2v) is 4.32. The van der Waals surface area contributed by atoms with Crippen LogP contribution in [0.15, 0.2) is 0 Å². The third kappa shape index (κ3) is 1.69. The van der Waals surface area contributed by atoms with Gasteiger partial charge in [0.2, 0.25) is 5.91 Å². The molecule has 0 saturated carbocycles. The molecule has 0 aromatic carbocycles. The number of ether oxygens (including phenoxy) is 1. The van der Waals surface area contributed by atoms with Crippen molar-refractivity contribution in [1.29, 1.82) is 0 Å². The van der Waals surface area contributed by atoms with Gasteiger partial charge in [-0.3, -0.25) is 9.59 Å². The van der Waals surface area contributed by atoms with Crippen molar-refractivity contribution in [3.63, 3.8) is 0 Å². The molecule has 2 fully saturated rings. The van der Waals surface area contributed by atoms with Crippen molar-refractivity contribution in [2.75, 3.05) is 13.2 Å². The Bertz CT molecular complexity index is 304. The molecule has 2 rings (SSSR count). The Kier molecular flexibility index (Phi) is 3.14. The SMILES string of the molecule is CCOC(=O)C1C(=O)N2CCCCC2C1O. The van der Waals surface area contributed by atoms with Crippen molar-refractivity contribution < 1.29 is 19.4 Å². The fourth-order valence-corrected chi connectivity index (χ4v) is 2.61. The average molecular weight is 227 g/mol. The highest BCUT2D eigenvalue weighted by molar-refractivity contribution is 6.00. The number of aliphatic hydroxyl groups excluding tert-OH is 1. The number of carbonyl (C=O) groups excluding carboxylic acids is 2. The van der Waals surface area contributed by atoms with Crippen LogP contribution < -0.4 is 0 Å². The first-order valence-electron chi connectivity index (χ1n) is 5.82. The van der Waals surface area contributed by atoms with E-state index in [0.29, 0.717) is 6.54 Å². The van der Waals surface area contributed by atoms with E-state index in [2.05, 4.69) is 0 Å². The van der Waals surface area contributed by atoms with Gasteiger partial charge in [-0.2, -0.15) is 0 Å². The van der Waals surface area contributed by atoms with Crippen molar-refractivity contribution in [3.05, 3.63) is 0 Å². The van der Waals surface area contributed by atoms with Crippen LogP contribution in [-0.4, -0.2) is 47.2 Å². The number of esters is 1. The molecule has 1 amide bonds. The lowest BCUT2D eigenvalue weighted by Crippen LogP contribution is -2.40. The van der Waals surface area contributed by atoms with Gasteiger partial charge in [-0.15, -0.1) is 0 Å². The average Bonchev–Trinajstić information content (AvgIpc) is 2.53. The summed E-state index contributed by atoms with van der Waals surface area (Å²) in [5, 5.41) is 9.99. The van der Waals surface area contributed by atoms with Crippen LogP contribution in [0, 0.1) is 5.92 Å². The van der Waals surface area contributed by atoms with Crippen LogP contribution in [0.2, 0.25) is 0 Å². The van der Waals surface area contributed by atoms with E-state index in [1.807, 2.05) is 0 Å². The summed E-state index contributed by atoms with van der Waals surface area (Å²) >= 11 is 0. The third-order valence-electron chi connectivity index (χ3n) is 3.37. The highest BCUT2D eigenvalue weighted by Gasteiger charge is 2.51. The molecule has 16 heavy (non-hydrogen) atoms. The Balaban J connectivity index is 2.15. The molecule has 5 nitrogen and oxygen atoms in total. The molecule has 3 unspecified atom stereocenters. The molecule has 2 aliphatic heterocycles. The lowest BCUT2D eigenvalue weighted by Gasteiger charge is -2.30. The predicted molar refractivity (Wildman–Crippen MR) is 55.5 cm³/mol. The second kappa shape index (κ2) is 4.41. The molecule has 0 aliphatic carbocycles. The topological polar surface area (TPSA) is 66.8 Å². The lowest BCUT2D eigenvalue weighted by atomic mass is 9.96. The summed E-state index contributed by atoms with van der Waals surface area (Å²) < 4.78 is 4.83. The van der Waals surface area contributed by atoms with Crippen molar-refractivity contribution in [3.8, 4) is 0 Å². The quantitative estimate of drug-likeness (QED) is 0.529. The molecule has 0 bridgehead atoms. The van der Waals surface area contributed by atoms with Gasteiger partial charge in [0.25, 0.3) is 0 Å². The van der Waals surface area contributed by atoms with Gasteiger partial charge in [0.1, 0.15) is 0 Å². The molecule has 0 radical (unpaired) electrons. The molecule has 3 atom stereocenters. The number of hydrogen-bond acceptors (Lipinski definition) is 4. The summed E-state index contributed by atoms with van der Waals surface area (Å²) in [6.45, 7) is 2.58. The van der Waals surface area contributed by atoms with Crippen LogP contribution >= 0.6 is 0 Å². The van der Waals surface area contributed by atoms with Crippen LogP contribution in [0.3, 0.4) is 0 Å². The molecule has 5 heteroatoms. The summed E-state index contributed by atoms with van der Waals surface area (Å²) in [6, 6.07) is -0.185. The normalized spacial score (nSPS) is 33.8. The van der Waals surface area contributed by atoms with Crippen molar-refractivity contribution in [2.24, 2.45) is 5.92 Å². The van der Waals surface area contributed by atoms with Gasteiger partial charge in [0.15, 0.2) is 5.92 Å². The van der Waals surface area contributed by atoms with Crippen molar-refractivity contribution in [1.82, 2.24) is 4.90 Å². The van der Waals surface area contributed by atoms with E-state index in [4.69, 9.17) is 4.74 Å². The van der Waals surface area contributed by atoms with E-state index in [9.17, 15) is 14.7 Å². The van der Waals surface area contributed by atoms with E-state index < -0.39 is 18.0 Å². The standard InChI is InChI=1S/C11H17NO4/c1-2-16-11(15)8-9(13)7-5-3-4-6-12(7)10(8)14/h7-9,13H,2-6H2,1H3. The Morgan fingerprint density at radius 2 is 2.31 bits per heavy atom. The van der Waals surface area contributed by atoms with E-state index in [0.717, 1.165) is 19.3 Å². The number of rotatable bonds is 2. The Morgan fingerprint density at radius 1 is 1.56 bits per heavy atom. The van der Waals surface area contributed by atoms with Crippen LogP contribution in [0.25, 0.3) is 0 Å². The summed E-state index contributed by atoms with van der Waals surface area (Å²) in [7, 11) is 0. The number of aliphatic hydroxyl groups is 1. The largest absolute Gasteiger partial charge is 0.465 e. The molecule has 0 aromatic rings. The van der Waals surface area contributed by atoms with Crippen LogP contribution in [0.4, 0.5) is 0 Å². The smallest absolute Gasteiger partial charge is 0.321 e. The number of nitrogens with zero attached hydrogens (tertiary/aromatic N) is 1. The molecule has 0 aromatic heterocycles. The van der Waals surface area contributed by atoms with Crippen LogP contribution in [0.5, 0.6) is 0 Å². The van der Waals surface area contributed by atoms with Gasteiger partial charge in [0, 0.05) is 6.54 Å². The molecule has 2 saturated heterocycles. The minimum Gasteiger partial charge on any atom is -0.465 e. The Labute approximate surface area is 94.4 Å². The molecule has 90 valence electrons. The number of amides is 1. The summed E-state index contributed by atoms with van der Waals surface area (Å²) in [4.78, 5) is 25.1. The van der Waals surface area contributed by atoms with E-state index in [-0.39, 0.29) is 18.6 Å². The number of hydrogen-bond donors (Lipinski definition) is 1. The maximum atomic E-state index is 11.9. The van der Waals surface area contributed by atoms with E-state index in [1.54, 1.807) is 11.8 Å².